The molecule has 0 N–H and O–H groups in total. The molecule has 172 valence electrons. The standard InChI is InChI=1S/C24H28O8/c1-23(2,3)31-29-21(26)18-12-11-16(14-19(18)22(27)30-32-24(4,5)6)20(25)15-9-8-10-17(13-15)28-7/h8-14H,1-7H3. The maximum Gasteiger partial charge on any atom is 0.374 e. The van der Waals surface area contributed by atoms with E-state index in [1.54, 1.807) is 65.8 Å². The topological polar surface area (TPSA) is 97.4 Å². The fourth-order valence-corrected chi connectivity index (χ4v) is 2.38. The first-order valence-electron chi connectivity index (χ1n) is 9.93. The molecule has 0 radical (unpaired) electrons. The van der Waals surface area contributed by atoms with Gasteiger partial charge in [0.15, 0.2) is 5.78 Å². The highest BCUT2D eigenvalue weighted by atomic mass is 17.2. The third-order valence-electron chi connectivity index (χ3n) is 3.79. The first-order chi connectivity index (χ1) is 14.8. The fourth-order valence-electron chi connectivity index (χ4n) is 2.38. The molecule has 0 amide bonds. The summed E-state index contributed by atoms with van der Waals surface area (Å²) in [4.78, 5) is 58.1. The molecular weight excluding hydrogens is 416 g/mol. The highest BCUT2D eigenvalue weighted by Gasteiger charge is 2.26. The third-order valence-corrected chi connectivity index (χ3v) is 3.79. The number of rotatable bonds is 7. The number of hydrogen-bond acceptors (Lipinski definition) is 8. The van der Waals surface area contributed by atoms with Crippen LogP contribution in [0.5, 0.6) is 5.75 Å². The van der Waals surface area contributed by atoms with Crippen molar-refractivity contribution in [3.8, 4) is 5.75 Å². The van der Waals surface area contributed by atoms with Gasteiger partial charge in [0.05, 0.1) is 18.2 Å². The molecule has 0 aliphatic rings. The van der Waals surface area contributed by atoms with Gasteiger partial charge >= 0.3 is 11.9 Å². The second-order valence-corrected chi connectivity index (χ2v) is 8.95. The minimum Gasteiger partial charge on any atom is -0.497 e. The van der Waals surface area contributed by atoms with E-state index < -0.39 is 23.1 Å². The number of hydrogen-bond donors (Lipinski definition) is 0. The molecule has 0 unspecified atom stereocenters. The van der Waals surface area contributed by atoms with Crippen molar-refractivity contribution in [1.29, 1.82) is 0 Å². The van der Waals surface area contributed by atoms with Crippen LogP contribution in [-0.2, 0) is 19.6 Å². The molecule has 2 aromatic carbocycles. The SMILES string of the molecule is COc1cccc(C(=O)c2ccc(C(=O)OOC(C)(C)C)c(C(=O)OOC(C)(C)C)c2)c1. The molecule has 0 spiro atoms. The largest absolute Gasteiger partial charge is 0.497 e. The highest BCUT2D eigenvalue weighted by Crippen LogP contribution is 2.22. The van der Waals surface area contributed by atoms with E-state index in [-0.39, 0.29) is 22.5 Å². The maximum absolute atomic E-state index is 13.0. The normalized spacial score (nSPS) is 11.6. The number of ether oxygens (including phenoxy) is 1. The summed E-state index contributed by atoms with van der Waals surface area (Å²) in [7, 11) is 1.49. The van der Waals surface area contributed by atoms with Gasteiger partial charge < -0.3 is 4.74 Å². The number of carbonyl (C=O) groups excluding carboxylic acids is 3. The lowest BCUT2D eigenvalue weighted by atomic mass is 9.98. The maximum atomic E-state index is 13.0. The van der Waals surface area contributed by atoms with Crippen LogP contribution in [0.1, 0.15) is 78.2 Å². The summed E-state index contributed by atoms with van der Waals surface area (Å²) in [6, 6.07) is 10.5. The Morgan fingerprint density at radius 3 is 1.75 bits per heavy atom. The molecule has 0 aliphatic carbocycles. The Bertz CT molecular complexity index is 996. The Morgan fingerprint density at radius 2 is 1.22 bits per heavy atom. The quantitative estimate of drug-likeness (QED) is 0.344. The summed E-state index contributed by atoms with van der Waals surface area (Å²) in [5, 5.41) is 0. The van der Waals surface area contributed by atoms with E-state index in [4.69, 9.17) is 24.3 Å². The first kappa shape index (κ1) is 25.0. The Morgan fingerprint density at radius 1 is 0.688 bits per heavy atom. The van der Waals surface area contributed by atoms with Gasteiger partial charge in [-0.25, -0.2) is 9.59 Å². The van der Waals surface area contributed by atoms with Crippen LogP contribution in [0, 0.1) is 0 Å². The van der Waals surface area contributed by atoms with E-state index in [2.05, 4.69) is 0 Å². The van der Waals surface area contributed by atoms with Gasteiger partial charge in [0.2, 0.25) is 0 Å². The van der Waals surface area contributed by atoms with Crippen LogP contribution >= 0.6 is 0 Å². The zero-order valence-electron chi connectivity index (χ0n) is 19.3. The molecule has 2 rings (SSSR count). The Labute approximate surface area is 187 Å². The van der Waals surface area contributed by atoms with Gasteiger partial charge in [-0.3, -0.25) is 14.6 Å². The predicted molar refractivity (Wildman–Crippen MR) is 115 cm³/mol. The minimum atomic E-state index is -0.956. The summed E-state index contributed by atoms with van der Waals surface area (Å²) >= 11 is 0. The van der Waals surface area contributed by atoms with Gasteiger partial charge in [-0.1, -0.05) is 18.2 Å². The van der Waals surface area contributed by atoms with Crippen molar-refractivity contribution >= 4 is 17.7 Å². The molecule has 0 fully saturated rings. The van der Waals surface area contributed by atoms with Crippen LogP contribution in [0.15, 0.2) is 42.5 Å². The zero-order valence-corrected chi connectivity index (χ0v) is 19.3. The summed E-state index contributed by atoms with van der Waals surface area (Å²) in [6.07, 6.45) is 0. The van der Waals surface area contributed by atoms with Crippen molar-refractivity contribution in [3.05, 3.63) is 64.7 Å². The molecular formula is C24H28O8. The van der Waals surface area contributed by atoms with Crippen molar-refractivity contribution in [2.75, 3.05) is 7.11 Å². The van der Waals surface area contributed by atoms with Crippen LogP contribution in [0.4, 0.5) is 0 Å². The van der Waals surface area contributed by atoms with Crippen LogP contribution < -0.4 is 4.74 Å². The van der Waals surface area contributed by atoms with Gasteiger partial charge in [-0.15, -0.1) is 0 Å². The molecule has 0 aliphatic heterocycles. The van der Waals surface area contributed by atoms with E-state index in [0.29, 0.717) is 11.3 Å². The van der Waals surface area contributed by atoms with E-state index in [9.17, 15) is 14.4 Å². The van der Waals surface area contributed by atoms with E-state index >= 15 is 0 Å². The van der Waals surface area contributed by atoms with Gasteiger partial charge in [0.25, 0.3) is 0 Å². The predicted octanol–water partition coefficient (Wildman–Crippen LogP) is 4.70. The van der Waals surface area contributed by atoms with Crippen LogP contribution in [0.2, 0.25) is 0 Å². The second kappa shape index (κ2) is 9.93. The second-order valence-electron chi connectivity index (χ2n) is 8.95. The molecule has 8 nitrogen and oxygen atoms in total. The number of methoxy groups -OCH3 is 1. The van der Waals surface area contributed by atoms with Gasteiger partial charge in [0.1, 0.15) is 17.0 Å². The Kier molecular flexibility index (Phi) is 7.77. The lowest BCUT2D eigenvalue weighted by molar-refractivity contribution is -0.302. The summed E-state index contributed by atoms with van der Waals surface area (Å²) < 4.78 is 5.15. The zero-order chi connectivity index (χ0) is 24.1. The van der Waals surface area contributed by atoms with Crippen molar-refractivity contribution in [2.45, 2.75) is 52.7 Å². The van der Waals surface area contributed by atoms with Gasteiger partial charge in [-0.05, 0) is 65.8 Å². The van der Waals surface area contributed by atoms with E-state index in [1.165, 1.54) is 25.3 Å². The van der Waals surface area contributed by atoms with E-state index in [0.717, 1.165) is 0 Å². The summed E-state index contributed by atoms with van der Waals surface area (Å²) in [5.74, 6) is -1.74. The molecule has 0 saturated carbocycles. The molecule has 0 heterocycles. The number of carbonyl (C=O) groups is 3. The van der Waals surface area contributed by atoms with Gasteiger partial charge in [-0.2, -0.15) is 9.78 Å². The van der Waals surface area contributed by atoms with Crippen molar-refractivity contribution in [2.24, 2.45) is 0 Å². The molecule has 0 bridgehead atoms. The molecule has 32 heavy (non-hydrogen) atoms. The smallest absolute Gasteiger partial charge is 0.374 e. The molecule has 2 aromatic rings. The molecule has 8 heteroatoms. The fraction of sp³-hybridized carbons (Fsp3) is 0.375. The Hall–Kier alpha value is -3.23. The third kappa shape index (κ3) is 7.18. The molecule has 0 aromatic heterocycles. The van der Waals surface area contributed by atoms with Crippen molar-refractivity contribution < 1.29 is 38.7 Å². The van der Waals surface area contributed by atoms with Crippen LogP contribution in [0.3, 0.4) is 0 Å². The van der Waals surface area contributed by atoms with Crippen molar-refractivity contribution in [1.82, 2.24) is 0 Å². The highest BCUT2D eigenvalue weighted by molar-refractivity contribution is 6.11. The average Bonchev–Trinajstić information content (AvgIpc) is 2.73. The first-order valence-corrected chi connectivity index (χ1v) is 9.93. The lowest BCUT2D eigenvalue weighted by Gasteiger charge is -2.18. The van der Waals surface area contributed by atoms with Crippen LogP contribution in [-0.4, -0.2) is 36.0 Å². The summed E-state index contributed by atoms with van der Waals surface area (Å²) in [5.41, 5.74) is -1.37. The monoisotopic (exact) mass is 444 g/mol. The molecule has 0 saturated heterocycles. The number of ketones is 1. The van der Waals surface area contributed by atoms with Crippen molar-refractivity contribution in [3.63, 3.8) is 0 Å². The number of benzene rings is 2. The summed E-state index contributed by atoms with van der Waals surface area (Å²) in [6.45, 7) is 10.2. The van der Waals surface area contributed by atoms with Gasteiger partial charge in [0, 0.05) is 11.1 Å². The Balaban J connectivity index is 2.42. The average molecular weight is 444 g/mol. The van der Waals surface area contributed by atoms with Crippen LogP contribution in [0.25, 0.3) is 0 Å². The van der Waals surface area contributed by atoms with E-state index in [1.807, 2.05) is 0 Å². The molecule has 0 atom stereocenters. The minimum absolute atomic E-state index is 0.140. The lowest BCUT2D eigenvalue weighted by Crippen LogP contribution is -2.25.